The molecule has 0 saturated heterocycles. The van der Waals surface area contributed by atoms with Gasteiger partial charge in [-0.15, -0.1) is 4.57 Å². The maximum absolute atomic E-state index is 11.3. The predicted octanol–water partition coefficient (Wildman–Crippen LogP) is 0.661. The van der Waals surface area contributed by atoms with Crippen molar-refractivity contribution in [3.63, 3.8) is 0 Å². The summed E-state index contributed by atoms with van der Waals surface area (Å²) in [5, 5.41) is -0.0151. The number of fused-ring (bicyclic) bond motifs is 1. The molecule has 0 atom stereocenters. The van der Waals surface area contributed by atoms with Crippen LogP contribution in [0, 0.1) is 0 Å². The molecule has 0 aliphatic carbocycles. The van der Waals surface area contributed by atoms with Crippen LogP contribution in [0.5, 0.6) is 0 Å². The van der Waals surface area contributed by atoms with Gasteiger partial charge in [0.05, 0.1) is 6.26 Å². The summed E-state index contributed by atoms with van der Waals surface area (Å²) in [5.74, 6) is 0. The lowest BCUT2D eigenvalue weighted by Gasteiger charge is -1.85. The normalized spacial score (nSPS) is 12.1. The Labute approximate surface area is 81.7 Å². The van der Waals surface area contributed by atoms with Crippen LogP contribution < -0.4 is 4.57 Å². The smallest absolute Gasteiger partial charge is 0.389 e. The molecule has 0 spiro atoms. The molecule has 0 amide bonds. The molecule has 74 valence electrons. The van der Waals surface area contributed by atoms with Crippen LogP contribution in [0.15, 0.2) is 33.9 Å². The van der Waals surface area contributed by atoms with Gasteiger partial charge < -0.3 is 4.42 Å². The summed E-state index contributed by atoms with van der Waals surface area (Å²) < 4.78 is 29.4. The van der Waals surface area contributed by atoms with Gasteiger partial charge in [-0.05, 0) is 6.07 Å². The third-order valence-electron chi connectivity index (χ3n) is 2.01. The van der Waals surface area contributed by atoms with Crippen molar-refractivity contribution in [1.82, 2.24) is 0 Å². The quantitative estimate of drug-likeness (QED) is 0.652. The summed E-state index contributed by atoms with van der Waals surface area (Å²) >= 11 is 0. The zero-order valence-electron chi connectivity index (χ0n) is 7.89. The lowest BCUT2D eigenvalue weighted by molar-refractivity contribution is -0.693. The van der Waals surface area contributed by atoms with Gasteiger partial charge in [-0.2, -0.15) is 0 Å². The molecule has 0 unspecified atom stereocenters. The van der Waals surface area contributed by atoms with E-state index in [1.807, 2.05) is 12.1 Å². The fourth-order valence-electron chi connectivity index (χ4n) is 1.41. The van der Waals surface area contributed by atoms with Crippen molar-refractivity contribution < 1.29 is 17.4 Å². The summed E-state index contributed by atoms with van der Waals surface area (Å²) in [6.45, 7) is 0. The molecule has 4 nitrogen and oxygen atoms in total. The van der Waals surface area contributed by atoms with Crippen LogP contribution in [0.4, 0.5) is 0 Å². The first-order valence-corrected chi connectivity index (χ1v) is 5.97. The lowest BCUT2D eigenvalue weighted by atomic mass is 10.3. The number of sulfone groups is 1. The fourth-order valence-corrected chi connectivity index (χ4v) is 2.24. The molecule has 5 heteroatoms. The highest BCUT2D eigenvalue weighted by Crippen LogP contribution is 2.15. The molecule has 0 aliphatic rings. The number of hydrogen-bond acceptors (Lipinski definition) is 3. The zero-order valence-corrected chi connectivity index (χ0v) is 8.71. The average molecular weight is 212 g/mol. The Balaban J connectivity index is 2.89. The van der Waals surface area contributed by atoms with E-state index in [0.29, 0.717) is 5.58 Å². The SMILES string of the molecule is C[n+]1c(S(C)(=O)=O)oc2ccccc21. The third-order valence-corrected chi connectivity index (χ3v) is 3.01. The maximum Gasteiger partial charge on any atom is 0.470 e. The molecule has 1 aromatic carbocycles. The van der Waals surface area contributed by atoms with E-state index in [9.17, 15) is 8.42 Å². The molecular formula is C9H10NO3S+. The van der Waals surface area contributed by atoms with Crippen molar-refractivity contribution in [2.75, 3.05) is 6.26 Å². The predicted molar refractivity (Wildman–Crippen MR) is 50.5 cm³/mol. The standard InChI is InChI=1S/C9H10NO3S/c1-10-7-5-3-4-6-8(7)13-9(10)14(2,11)12/h3-6H,1-2H3/q+1. The first-order chi connectivity index (χ1) is 6.50. The highest BCUT2D eigenvalue weighted by molar-refractivity contribution is 7.90. The third kappa shape index (κ3) is 1.29. The molecule has 0 N–H and O–H groups in total. The van der Waals surface area contributed by atoms with E-state index in [0.717, 1.165) is 11.8 Å². The molecule has 2 aromatic rings. The molecule has 0 fully saturated rings. The van der Waals surface area contributed by atoms with Gasteiger partial charge in [-0.25, -0.2) is 8.42 Å². The van der Waals surface area contributed by atoms with Gasteiger partial charge in [-0.3, -0.25) is 0 Å². The van der Waals surface area contributed by atoms with Crippen molar-refractivity contribution in [2.24, 2.45) is 7.05 Å². The number of rotatable bonds is 1. The molecular weight excluding hydrogens is 202 g/mol. The summed E-state index contributed by atoms with van der Waals surface area (Å²) in [4.78, 5) is 0. The molecule has 0 aliphatic heterocycles. The Morgan fingerprint density at radius 3 is 2.50 bits per heavy atom. The molecule has 2 rings (SSSR count). The molecule has 0 bridgehead atoms. The van der Waals surface area contributed by atoms with Gasteiger partial charge in [0.1, 0.15) is 7.05 Å². The van der Waals surface area contributed by atoms with Crippen LogP contribution >= 0.6 is 0 Å². The van der Waals surface area contributed by atoms with Crippen LogP contribution in [0.3, 0.4) is 0 Å². The second-order valence-corrected chi connectivity index (χ2v) is 5.06. The maximum atomic E-state index is 11.3. The van der Waals surface area contributed by atoms with Gasteiger partial charge >= 0.3 is 5.22 Å². The number of oxazole rings is 1. The van der Waals surface area contributed by atoms with E-state index < -0.39 is 9.84 Å². The summed E-state index contributed by atoms with van der Waals surface area (Å²) in [5.41, 5.74) is 1.35. The lowest BCUT2D eigenvalue weighted by Crippen LogP contribution is -2.32. The topological polar surface area (TPSA) is 51.2 Å². The molecule has 1 aromatic heterocycles. The van der Waals surface area contributed by atoms with E-state index in [1.165, 1.54) is 4.57 Å². The molecule has 14 heavy (non-hydrogen) atoms. The molecule has 0 saturated carbocycles. The first-order valence-electron chi connectivity index (χ1n) is 4.08. The van der Waals surface area contributed by atoms with Gasteiger partial charge in [0.2, 0.25) is 5.58 Å². The van der Waals surface area contributed by atoms with E-state index in [-0.39, 0.29) is 5.22 Å². The number of benzene rings is 1. The minimum Gasteiger partial charge on any atom is -0.389 e. The van der Waals surface area contributed by atoms with Crippen LogP contribution in [-0.4, -0.2) is 14.7 Å². The number of hydrogen-bond donors (Lipinski definition) is 0. The van der Waals surface area contributed by atoms with Crippen LogP contribution in [0.2, 0.25) is 0 Å². The van der Waals surface area contributed by atoms with E-state index in [4.69, 9.17) is 4.42 Å². The second-order valence-electron chi connectivity index (χ2n) is 3.17. The van der Waals surface area contributed by atoms with Crippen LogP contribution in [-0.2, 0) is 16.9 Å². The Kier molecular flexibility index (Phi) is 1.85. The minimum absolute atomic E-state index is 0.0151. The summed E-state index contributed by atoms with van der Waals surface area (Å²) in [7, 11) is -1.63. The molecule has 1 heterocycles. The van der Waals surface area contributed by atoms with Crippen LogP contribution in [0.25, 0.3) is 11.1 Å². The van der Waals surface area contributed by atoms with Gasteiger partial charge in [-0.1, -0.05) is 12.1 Å². The second kappa shape index (κ2) is 2.81. The van der Waals surface area contributed by atoms with E-state index >= 15 is 0 Å². The summed E-state index contributed by atoms with van der Waals surface area (Å²) in [6, 6.07) is 7.19. The Morgan fingerprint density at radius 2 is 1.93 bits per heavy atom. The number of aromatic nitrogens is 1. The Bertz CT molecular complexity index is 583. The van der Waals surface area contributed by atoms with Crippen LogP contribution in [0.1, 0.15) is 0 Å². The average Bonchev–Trinajstić information content (AvgIpc) is 2.44. The van der Waals surface area contributed by atoms with E-state index in [2.05, 4.69) is 0 Å². The van der Waals surface area contributed by atoms with Gasteiger partial charge in [0.25, 0.3) is 15.4 Å². The summed E-state index contributed by atoms with van der Waals surface area (Å²) in [6.07, 6.45) is 1.13. The van der Waals surface area contributed by atoms with Crippen molar-refractivity contribution in [2.45, 2.75) is 5.22 Å². The van der Waals surface area contributed by atoms with Crippen molar-refractivity contribution in [3.8, 4) is 0 Å². The van der Waals surface area contributed by atoms with E-state index in [1.54, 1.807) is 19.2 Å². The van der Waals surface area contributed by atoms with Crippen molar-refractivity contribution in [1.29, 1.82) is 0 Å². The number of nitrogens with zero attached hydrogens (tertiary/aromatic N) is 1. The first kappa shape index (κ1) is 9.21. The molecule has 0 radical (unpaired) electrons. The largest absolute Gasteiger partial charge is 0.470 e. The number of aryl methyl sites for hydroxylation is 1. The minimum atomic E-state index is -3.30. The Hall–Kier alpha value is -1.36. The van der Waals surface area contributed by atoms with Crippen molar-refractivity contribution >= 4 is 20.9 Å². The highest BCUT2D eigenvalue weighted by atomic mass is 32.2. The zero-order chi connectivity index (χ0) is 10.3. The van der Waals surface area contributed by atoms with Gasteiger partial charge in [0, 0.05) is 6.07 Å². The van der Waals surface area contributed by atoms with Gasteiger partial charge in [0.15, 0.2) is 0 Å². The highest BCUT2D eigenvalue weighted by Gasteiger charge is 2.27. The monoisotopic (exact) mass is 212 g/mol. The number of para-hydroxylation sites is 2. The van der Waals surface area contributed by atoms with Crippen molar-refractivity contribution in [3.05, 3.63) is 24.3 Å². The Morgan fingerprint density at radius 1 is 1.29 bits per heavy atom. The fraction of sp³-hybridized carbons (Fsp3) is 0.222.